The van der Waals surface area contributed by atoms with Gasteiger partial charge in [-0.05, 0) is 18.2 Å². The standard InChI is InChI=1S/C11H10Cl2N2O/c1-2-3-14-7-11(16)15-10-5-8(12)4-9(13)6-10/h1,4-6,14H,3,7H2,(H,15,16). The molecule has 0 aliphatic heterocycles. The maximum absolute atomic E-state index is 11.4. The number of rotatable bonds is 4. The molecule has 5 heteroatoms. The van der Waals surface area contributed by atoms with Crippen molar-refractivity contribution in [3.05, 3.63) is 28.2 Å². The Balaban J connectivity index is 2.53. The lowest BCUT2D eigenvalue weighted by Crippen LogP contribution is -2.28. The van der Waals surface area contributed by atoms with Crippen LogP contribution in [0.4, 0.5) is 5.69 Å². The van der Waals surface area contributed by atoms with Gasteiger partial charge < -0.3 is 5.32 Å². The second-order valence-corrected chi connectivity index (χ2v) is 3.89. The smallest absolute Gasteiger partial charge is 0.238 e. The summed E-state index contributed by atoms with van der Waals surface area (Å²) in [4.78, 5) is 11.4. The minimum Gasteiger partial charge on any atom is -0.325 e. The van der Waals surface area contributed by atoms with Crippen LogP contribution in [0.15, 0.2) is 18.2 Å². The highest BCUT2D eigenvalue weighted by Crippen LogP contribution is 2.22. The minimum absolute atomic E-state index is 0.147. The molecule has 0 unspecified atom stereocenters. The Morgan fingerprint density at radius 3 is 2.50 bits per heavy atom. The molecule has 0 aliphatic carbocycles. The van der Waals surface area contributed by atoms with E-state index in [0.717, 1.165) is 0 Å². The third kappa shape index (κ3) is 4.54. The fourth-order valence-electron chi connectivity index (χ4n) is 1.08. The van der Waals surface area contributed by atoms with Crippen molar-refractivity contribution in [1.82, 2.24) is 5.32 Å². The number of amides is 1. The number of nitrogens with one attached hydrogen (secondary N) is 2. The first-order chi connectivity index (χ1) is 7.61. The fraction of sp³-hybridized carbons (Fsp3) is 0.182. The fourth-order valence-corrected chi connectivity index (χ4v) is 1.61. The number of terminal acetylenes is 1. The highest BCUT2D eigenvalue weighted by atomic mass is 35.5. The molecule has 84 valence electrons. The van der Waals surface area contributed by atoms with Crippen molar-refractivity contribution in [2.24, 2.45) is 0 Å². The number of carbonyl (C=O) groups excluding carboxylic acids is 1. The number of hydrogen-bond acceptors (Lipinski definition) is 2. The van der Waals surface area contributed by atoms with Gasteiger partial charge in [-0.3, -0.25) is 10.1 Å². The molecule has 0 fully saturated rings. The molecule has 0 saturated carbocycles. The van der Waals surface area contributed by atoms with Gasteiger partial charge >= 0.3 is 0 Å². The molecular weight excluding hydrogens is 247 g/mol. The summed E-state index contributed by atoms with van der Waals surface area (Å²) < 4.78 is 0. The third-order valence-corrected chi connectivity index (χ3v) is 2.10. The first-order valence-electron chi connectivity index (χ1n) is 4.52. The molecule has 0 aromatic heterocycles. The summed E-state index contributed by atoms with van der Waals surface area (Å²) in [5, 5.41) is 6.36. The van der Waals surface area contributed by atoms with Crippen LogP contribution in [0, 0.1) is 12.3 Å². The summed E-state index contributed by atoms with van der Waals surface area (Å²) >= 11 is 11.6. The van der Waals surface area contributed by atoms with Gasteiger partial charge in [0.2, 0.25) is 5.91 Å². The second-order valence-electron chi connectivity index (χ2n) is 3.01. The van der Waals surface area contributed by atoms with Crippen molar-refractivity contribution < 1.29 is 4.79 Å². The maximum atomic E-state index is 11.4. The Morgan fingerprint density at radius 2 is 1.94 bits per heavy atom. The summed E-state index contributed by atoms with van der Waals surface area (Å²) in [6, 6.07) is 4.83. The predicted molar refractivity (Wildman–Crippen MR) is 66.8 cm³/mol. The maximum Gasteiger partial charge on any atom is 0.238 e. The number of carbonyl (C=O) groups is 1. The van der Waals surface area contributed by atoms with E-state index in [0.29, 0.717) is 22.3 Å². The molecule has 0 bridgehead atoms. The van der Waals surface area contributed by atoms with Crippen LogP contribution in [0.2, 0.25) is 10.0 Å². The molecule has 1 aromatic rings. The predicted octanol–water partition coefficient (Wildman–Crippen LogP) is 2.15. The first-order valence-corrected chi connectivity index (χ1v) is 5.27. The lowest BCUT2D eigenvalue weighted by Gasteiger charge is -2.06. The summed E-state index contributed by atoms with van der Waals surface area (Å²) in [6.07, 6.45) is 5.03. The zero-order valence-electron chi connectivity index (χ0n) is 8.39. The van der Waals surface area contributed by atoms with E-state index in [4.69, 9.17) is 29.6 Å². The summed E-state index contributed by atoms with van der Waals surface area (Å²) in [7, 11) is 0. The Labute approximate surface area is 104 Å². The molecule has 1 aromatic carbocycles. The second kappa shape index (κ2) is 6.39. The Bertz CT molecular complexity index is 406. The van der Waals surface area contributed by atoms with Crippen LogP contribution in [0.1, 0.15) is 0 Å². The quantitative estimate of drug-likeness (QED) is 0.641. The molecule has 0 spiro atoms. The highest BCUT2D eigenvalue weighted by Gasteiger charge is 2.03. The minimum atomic E-state index is -0.200. The normalized spacial score (nSPS) is 9.56. The van der Waals surface area contributed by atoms with Gasteiger partial charge in [0, 0.05) is 15.7 Å². The molecule has 0 heterocycles. The average molecular weight is 257 g/mol. The topological polar surface area (TPSA) is 41.1 Å². The molecule has 2 N–H and O–H groups in total. The van der Waals surface area contributed by atoms with Gasteiger partial charge in [0.25, 0.3) is 0 Å². The van der Waals surface area contributed by atoms with Crippen molar-refractivity contribution in [1.29, 1.82) is 0 Å². The summed E-state index contributed by atoms with van der Waals surface area (Å²) in [5.74, 6) is 2.17. The number of halogens is 2. The van der Waals surface area contributed by atoms with Crippen LogP contribution in [-0.4, -0.2) is 19.0 Å². The van der Waals surface area contributed by atoms with E-state index < -0.39 is 0 Å². The van der Waals surface area contributed by atoms with Crippen LogP contribution >= 0.6 is 23.2 Å². The van der Waals surface area contributed by atoms with Crippen LogP contribution < -0.4 is 10.6 Å². The molecular formula is C11H10Cl2N2O. The monoisotopic (exact) mass is 256 g/mol. The molecule has 1 rings (SSSR count). The zero-order chi connectivity index (χ0) is 12.0. The number of hydrogen-bond donors (Lipinski definition) is 2. The van der Waals surface area contributed by atoms with E-state index in [1.165, 1.54) is 0 Å². The van der Waals surface area contributed by atoms with Gasteiger partial charge in [-0.25, -0.2) is 0 Å². The lowest BCUT2D eigenvalue weighted by atomic mass is 10.3. The molecule has 1 amide bonds. The number of anilines is 1. The van der Waals surface area contributed by atoms with E-state index >= 15 is 0 Å². The molecule has 0 aliphatic rings. The van der Waals surface area contributed by atoms with E-state index in [2.05, 4.69) is 16.6 Å². The molecule has 0 atom stereocenters. The van der Waals surface area contributed by atoms with Crippen molar-refractivity contribution in [2.75, 3.05) is 18.4 Å². The van der Waals surface area contributed by atoms with Crippen LogP contribution in [0.3, 0.4) is 0 Å². The summed E-state index contributed by atoms with van der Waals surface area (Å²) in [6.45, 7) is 0.498. The first kappa shape index (κ1) is 12.9. The van der Waals surface area contributed by atoms with E-state index in [9.17, 15) is 4.79 Å². The van der Waals surface area contributed by atoms with Gasteiger partial charge in [-0.15, -0.1) is 6.42 Å². The molecule has 0 radical (unpaired) electrons. The van der Waals surface area contributed by atoms with Crippen molar-refractivity contribution in [2.45, 2.75) is 0 Å². The highest BCUT2D eigenvalue weighted by molar-refractivity contribution is 6.35. The van der Waals surface area contributed by atoms with Gasteiger partial charge in [-0.1, -0.05) is 29.1 Å². The van der Waals surface area contributed by atoms with E-state index in [-0.39, 0.29) is 12.5 Å². The van der Waals surface area contributed by atoms with Crippen LogP contribution in [0.5, 0.6) is 0 Å². The number of benzene rings is 1. The lowest BCUT2D eigenvalue weighted by molar-refractivity contribution is -0.115. The largest absolute Gasteiger partial charge is 0.325 e. The average Bonchev–Trinajstić information content (AvgIpc) is 2.16. The SMILES string of the molecule is C#CCNCC(=O)Nc1cc(Cl)cc(Cl)c1. The Morgan fingerprint density at radius 1 is 1.31 bits per heavy atom. The van der Waals surface area contributed by atoms with Gasteiger partial charge in [0.15, 0.2) is 0 Å². The van der Waals surface area contributed by atoms with Crippen LogP contribution in [0.25, 0.3) is 0 Å². The van der Waals surface area contributed by atoms with Crippen LogP contribution in [-0.2, 0) is 4.79 Å². The Hall–Kier alpha value is -1.21. The molecule has 3 nitrogen and oxygen atoms in total. The van der Waals surface area contributed by atoms with E-state index in [1.807, 2.05) is 0 Å². The van der Waals surface area contributed by atoms with Crippen molar-refractivity contribution >= 4 is 34.8 Å². The van der Waals surface area contributed by atoms with Crippen molar-refractivity contribution in [3.8, 4) is 12.3 Å². The van der Waals surface area contributed by atoms with Crippen molar-refractivity contribution in [3.63, 3.8) is 0 Å². The van der Waals surface area contributed by atoms with Gasteiger partial charge in [0.1, 0.15) is 0 Å². The van der Waals surface area contributed by atoms with Gasteiger partial charge in [0.05, 0.1) is 13.1 Å². The zero-order valence-corrected chi connectivity index (χ0v) is 9.90. The van der Waals surface area contributed by atoms with E-state index in [1.54, 1.807) is 18.2 Å². The Kier molecular flexibility index (Phi) is 5.13. The third-order valence-electron chi connectivity index (χ3n) is 1.66. The summed E-state index contributed by atoms with van der Waals surface area (Å²) in [5.41, 5.74) is 0.560. The van der Waals surface area contributed by atoms with Gasteiger partial charge in [-0.2, -0.15) is 0 Å². The molecule has 16 heavy (non-hydrogen) atoms. The molecule has 0 saturated heterocycles.